The lowest BCUT2D eigenvalue weighted by Gasteiger charge is -2.32. The van der Waals surface area contributed by atoms with E-state index < -0.39 is 0 Å². The van der Waals surface area contributed by atoms with Crippen LogP contribution < -0.4 is 10.6 Å². The summed E-state index contributed by atoms with van der Waals surface area (Å²) in [7, 11) is 0. The molecule has 1 aromatic rings. The van der Waals surface area contributed by atoms with Crippen LogP contribution in [0.25, 0.3) is 0 Å². The minimum atomic E-state index is -0.243. The molecule has 5 nitrogen and oxygen atoms in total. The van der Waals surface area contributed by atoms with Gasteiger partial charge in [-0.1, -0.05) is 0 Å². The second-order valence-electron chi connectivity index (χ2n) is 4.65. The zero-order valence-corrected chi connectivity index (χ0v) is 10.4. The molecule has 0 saturated carbocycles. The number of nitrogens with two attached hydrogens (primary N) is 1. The van der Waals surface area contributed by atoms with Crippen molar-refractivity contribution in [2.45, 2.75) is 19.8 Å². The summed E-state index contributed by atoms with van der Waals surface area (Å²) >= 11 is 0. The molecule has 1 amide bonds. The molecule has 1 aromatic heterocycles. The number of pyridine rings is 1. The van der Waals surface area contributed by atoms with Crippen LogP contribution in [0.3, 0.4) is 0 Å². The maximum Gasteiger partial charge on any atom is 0.222 e. The molecular formula is C13H17N3O2. The topological polar surface area (TPSA) is 76.3 Å². The van der Waals surface area contributed by atoms with Crippen LogP contribution >= 0.6 is 0 Å². The number of Topliss-reactive ketones (excluding diaryl/α,β-unsaturated/α-hetero) is 1. The molecular weight excluding hydrogens is 230 g/mol. The number of carbonyl (C=O) groups is 2. The fourth-order valence-corrected chi connectivity index (χ4v) is 2.23. The quantitative estimate of drug-likeness (QED) is 0.808. The number of primary amides is 1. The number of hydrogen-bond donors (Lipinski definition) is 1. The smallest absolute Gasteiger partial charge is 0.222 e. The van der Waals surface area contributed by atoms with Crippen LogP contribution in [0.1, 0.15) is 30.3 Å². The van der Waals surface area contributed by atoms with Crippen LogP contribution in [-0.2, 0) is 4.79 Å². The summed E-state index contributed by atoms with van der Waals surface area (Å²) in [5.41, 5.74) is 6.74. The second kappa shape index (κ2) is 5.16. The number of piperidine rings is 1. The highest BCUT2D eigenvalue weighted by molar-refractivity contribution is 5.92. The molecule has 0 spiro atoms. The fourth-order valence-electron chi connectivity index (χ4n) is 2.23. The van der Waals surface area contributed by atoms with Gasteiger partial charge in [-0.3, -0.25) is 14.6 Å². The molecule has 1 atom stereocenters. The fraction of sp³-hybridized carbons (Fsp3) is 0.462. The molecule has 2 N–H and O–H groups in total. The molecule has 0 radical (unpaired) electrons. The van der Waals surface area contributed by atoms with Gasteiger partial charge in [0, 0.05) is 20.0 Å². The van der Waals surface area contributed by atoms with E-state index in [1.165, 1.54) is 6.92 Å². The van der Waals surface area contributed by atoms with E-state index in [-0.39, 0.29) is 17.6 Å². The van der Waals surface area contributed by atoms with Gasteiger partial charge in [-0.05, 0) is 25.0 Å². The van der Waals surface area contributed by atoms with Crippen molar-refractivity contribution in [1.82, 2.24) is 4.98 Å². The summed E-state index contributed by atoms with van der Waals surface area (Å²) < 4.78 is 0. The van der Waals surface area contributed by atoms with Crippen LogP contribution in [0.15, 0.2) is 18.3 Å². The molecule has 2 heterocycles. The zero-order chi connectivity index (χ0) is 13.1. The summed E-state index contributed by atoms with van der Waals surface area (Å²) in [6.07, 6.45) is 3.48. The van der Waals surface area contributed by atoms with E-state index in [0.717, 1.165) is 25.1 Å². The van der Waals surface area contributed by atoms with Crippen molar-refractivity contribution >= 4 is 17.4 Å². The van der Waals surface area contributed by atoms with Crippen molar-refractivity contribution in [2.24, 2.45) is 11.7 Å². The number of rotatable bonds is 3. The van der Waals surface area contributed by atoms with Crippen LogP contribution in [0.5, 0.6) is 0 Å². The SMILES string of the molecule is CC(=O)c1ccc(N2CCCC(C(N)=O)C2)cn1. The third-order valence-corrected chi connectivity index (χ3v) is 3.30. The first-order valence-electron chi connectivity index (χ1n) is 6.09. The lowest BCUT2D eigenvalue weighted by molar-refractivity contribution is -0.122. The Bertz CT molecular complexity index is 456. The van der Waals surface area contributed by atoms with E-state index in [4.69, 9.17) is 5.73 Å². The highest BCUT2D eigenvalue weighted by Crippen LogP contribution is 2.22. The van der Waals surface area contributed by atoms with Gasteiger partial charge in [-0.15, -0.1) is 0 Å². The Hall–Kier alpha value is -1.91. The number of carbonyl (C=O) groups excluding carboxylic acids is 2. The highest BCUT2D eigenvalue weighted by atomic mass is 16.1. The van der Waals surface area contributed by atoms with Crippen LogP contribution in [0, 0.1) is 5.92 Å². The van der Waals surface area contributed by atoms with Gasteiger partial charge in [0.25, 0.3) is 0 Å². The molecule has 2 rings (SSSR count). The molecule has 1 saturated heterocycles. The summed E-state index contributed by atoms with van der Waals surface area (Å²) in [6, 6.07) is 3.58. The van der Waals surface area contributed by atoms with Crippen molar-refractivity contribution < 1.29 is 9.59 Å². The molecule has 1 aliphatic rings. The molecule has 0 aliphatic carbocycles. The third kappa shape index (κ3) is 2.67. The second-order valence-corrected chi connectivity index (χ2v) is 4.65. The summed E-state index contributed by atoms with van der Waals surface area (Å²) in [5.74, 6) is -0.380. The average Bonchev–Trinajstić information content (AvgIpc) is 2.39. The lowest BCUT2D eigenvalue weighted by Crippen LogP contribution is -2.41. The van der Waals surface area contributed by atoms with Crippen LogP contribution in [0.2, 0.25) is 0 Å². The number of hydrogen-bond acceptors (Lipinski definition) is 4. The minimum Gasteiger partial charge on any atom is -0.369 e. The monoisotopic (exact) mass is 247 g/mol. The normalized spacial score (nSPS) is 19.6. The molecule has 1 aliphatic heterocycles. The molecule has 0 bridgehead atoms. The van der Waals surface area contributed by atoms with Gasteiger partial charge in [0.05, 0.1) is 17.8 Å². The van der Waals surface area contributed by atoms with Gasteiger partial charge in [0.1, 0.15) is 5.69 Å². The Kier molecular flexibility index (Phi) is 3.60. The van der Waals surface area contributed by atoms with Crippen molar-refractivity contribution in [3.8, 4) is 0 Å². The predicted molar refractivity (Wildman–Crippen MR) is 68.4 cm³/mol. The van der Waals surface area contributed by atoms with E-state index in [1.807, 2.05) is 6.07 Å². The summed E-state index contributed by atoms with van der Waals surface area (Å²) in [6.45, 7) is 3.02. The first-order chi connectivity index (χ1) is 8.58. The Morgan fingerprint density at radius 2 is 2.22 bits per heavy atom. The number of ketones is 1. The van der Waals surface area contributed by atoms with Crippen molar-refractivity contribution in [3.63, 3.8) is 0 Å². The van der Waals surface area contributed by atoms with Crippen molar-refractivity contribution in [3.05, 3.63) is 24.0 Å². The predicted octanol–water partition coefficient (Wildman–Crippen LogP) is 0.986. The van der Waals surface area contributed by atoms with Crippen molar-refractivity contribution in [1.29, 1.82) is 0 Å². The first kappa shape index (κ1) is 12.5. The van der Waals surface area contributed by atoms with E-state index in [9.17, 15) is 9.59 Å². The molecule has 1 fully saturated rings. The third-order valence-electron chi connectivity index (χ3n) is 3.30. The summed E-state index contributed by atoms with van der Waals surface area (Å²) in [5, 5.41) is 0. The molecule has 18 heavy (non-hydrogen) atoms. The number of nitrogens with zero attached hydrogens (tertiary/aromatic N) is 2. The number of amides is 1. The Labute approximate surface area is 106 Å². The van der Waals surface area contributed by atoms with Gasteiger partial charge in [0.15, 0.2) is 5.78 Å². The zero-order valence-electron chi connectivity index (χ0n) is 10.4. The van der Waals surface area contributed by atoms with E-state index in [1.54, 1.807) is 12.3 Å². The average molecular weight is 247 g/mol. The van der Waals surface area contributed by atoms with Crippen molar-refractivity contribution in [2.75, 3.05) is 18.0 Å². The Morgan fingerprint density at radius 3 is 2.78 bits per heavy atom. The Balaban J connectivity index is 2.11. The lowest BCUT2D eigenvalue weighted by atomic mass is 9.97. The van der Waals surface area contributed by atoms with E-state index in [2.05, 4.69) is 9.88 Å². The standard InChI is InChI=1S/C13H17N3O2/c1-9(17)12-5-4-11(7-15-12)16-6-2-3-10(8-16)13(14)18/h4-5,7,10H,2-3,6,8H2,1H3,(H2,14,18). The maximum atomic E-state index is 11.2. The maximum absolute atomic E-state index is 11.2. The van der Waals surface area contributed by atoms with Gasteiger partial charge < -0.3 is 10.6 Å². The van der Waals surface area contributed by atoms with Crippen LogP contribution in [0.4, 0.5) is 5.69 Å². The highest BCUT2D eigenvalue weighted by Gasteiger charge is 2.24. The molecule has 96 valence electrons. The van der Waals surface area contributed by atoms with Crippen LogP contribution in [-0.4, -0.2) is 29.8 Å². The van der Waals surface area contributed by atoms with Gasteiger partial charge >= 0.3 is 0 Å². The number of aromatic nitrogens is 1. The first-order valence-corrected chi connectivity index (χ1v) is 6.09. The van der Waals surface area contributed by atoms with E-state index in [0.29, 0.717) is 12.2 Å². The number of anilines is 1. The molecule has 5 heteroatoms. The molecule has 0 aromatic carbocycles. The Morgan fingerprint density at radius 1 is 1.44 bits per heavy atom. The minimum absolute atomic E-state index is 0.0461. The van der Waals surface area contributed by atoms with Gasteiger partial charge in [-0.2, -0.15) is 0 Å². The van der Waals surface area contributed by atoms with Gasteiger partial charge in [-0.25, -0.2) is 0 Å². The largest absolute Gasteiger partial charge is 0.369 e. The molecule has 1 unspecified atom stereocenters. The van der Waals surface area contributed by atoms with Gasteiger partial charge in [0.2, 0.25) is 5.91 Å². The van der Waals surface area contributed by atoms with E-state index >= 15 is 0 Å². The summed E-state index contributed by atoms with van der Waals surface area (Å²) in [4.78, 5) is 28.6.